The fourth-order valence-electron chi connectivity index (χ4n) is 4.56. The summed E-state index contributed by atoms with van der Waals surface area (Å²) < 4.78 is 0. The van der Waals surface area contributed by atoms with Crippen LogP contribution >= 0.6 is 0 Å². The van der Waals surface area contributed by atoms with Gasteiger partial charge in [0.1, 0.15) is 0 Å². The maximum atomic E-state index is 6.07. The van der Waals surface area contributed by atoms with Gasteiger partial charge in [0.2, 0.25) is 0 Å². The van der Waals surface area contributed by atoms with Gasteiger partial charge < -0.3 is 21.7 Å². The Kier molecular flexibility index (Phi) is 3.62. The van der Waals surface area contributed by atoms with Crippen molar-refractivity contribution in [2.45, 2.75) is 38.1 Å². The standard InChI is InChI=1S/C22H24N4/c23-17-6-8-22(9-7-17,26-18-4-2-1-3-5-18)21-19-13-24-11-15(19)10-16-12-25-14-20(16)21/h1-8,10,24-26H,9,11-14,23H2. The minimum atomic E-state index is -0.266. The van der Waals surface area contributed by atoms with Gasteiger partial charge in [-0.05, 0) is 52.4 Å². The maximum Gasteiger partial charge on any atom is 0.0855 e. The summed E-state index contributed by atoms with van der Waals surface area (Å²) in [5, 5.41) is 10.9. The minimum Gasteiger partial charge on any atom is -0.399 e. The summed E-state index contributed by atoms with van der Waals surface area (Å²) in [5.74, 6) is 0. The molecule has 0 fully saturated rings. The molecule has 0 saturated carbocycles. The summed E-state index contributed by atoms with van der Waals surface area (Å²) in [6.45, 7) is 3.78. The van der Waals surface area contributed by atoms with Crippen molar-refractivity contribution in [1.82, 2.24) is 10.6 Å². The molecule has 4 nitrogen and oxygen atoms in total. The highest BCUT2D eigenvalue weighted by atomic mass is 15.0. The van der Waals surface area contributed by atoms with Gasteiger partial charge in [-0.1, -0.05) is 36.4 Å². The third-order valence-electron chi connectivity index (χ3n) is 5.77. The third-order valence-corrected chi connectivity index (χ3v) is 5.77. The molecule has 5 rings (SSSR count). The molecule has 0 spiro atoms. The van der Waals surface area contributed by atoms with Crippen LogP contribution in [0.2, 0.25) is 0 Å². The van der Waals surface area contributed by atoms with Crippen molar-refractivity contribution in [3.63, 3.8) is 0 Å². The van der Waals surface area contributed by atoms with Crippen LogP contribution in [0.1, 0.15) is 34.2 Å². The average Bonchev–Trinajstić information content (AvgIpc) is 3.31. The number of rotatable bonds is 3. The molecule has 2 aliphatic heterocycles. The number of fused-ring (bicyclic) bond motifs is 2. The average molecular weight is 344 g/mol. The van der Waals surface area contributed by atoms with Gasteiger partial charge in [-0.15, -0.1) is 0 Å². The molecule has 5 N–H and O–H groups in total. The lowest BCUT2D eigenvalue weighted by Crippen LogP contribution is -2.37. The van der Waals surface area contributed by atoms with E-state index in [4.69, 9.17) is 5.73 Å². The SMILES string of the molecule is NC1=CCC(Nc2ccccc2)(c2c3c(cc4c2CNC4)CNC3)C=C1. The van der Waals surface area contributed by atoms with Crippen LogP contribution in [0, 0.1) is 0 Å². The first-order chi connectivity index (χ1) is 12.8. The van der Waals surface area contributed by atoms with E-state index < -0.39 is 0 Å². The van der Waals surface area contributed by atoms with Crippen LogP contribution in [-0.4, -0.2) is 0 Å². The Labute approximate surface area is 154 Å². The second kappa shape index (κ2) is 6.01. The molecule has 1 aliphatic carbocycles. The van der Waals surface area contributed by atoms with Gasteiger partial charge >= 0.3 is 0 Å². The molecule has 0 aromatic heterocycles. The monoisotopic (exact) mass is 344 g/mol. The van der Waals surface area contributed by atoms with Crippen LogP contribution < -0.4 is 21.7 Å². The number of benzene rings is 2. The molecule has 26 heavy (non-hydrogen) atoms. The Morgan fingerprint density at radius 1 is 0.923 bits per heavy atom. The first-order valence-electron chi connectivity index (χ1n) is 9.32. The lowest BCUT2D eigenvalue weighted by molar-refractivity contribution is 0.596. The van der Waals surface area contributed by atoms with Crippen LogP contribution in [0.25, 0.3) is 0 Å². The minimum absolute atomic E-state index is 0.266. The molecule has 2 aromatic carbocycles. The lowest BCUT2D eigenvalue weighted by Gasteiger charge is -2.38. The fraction of sp³-hybridized carbons (Fsp3) is 0.273. The van der Waals surface area contributed by atoms with Crippen LogP contribution in [0.4, 0.5) is 5.69 Å². The number of anilines is 1. The number of allylic oxidation sites excluding steroid dienone is 1. The van der Waals surface area contributed by atoms with E-state index in [0.717, 1.165) is 44.0 Å². The molecule has 0 amide bonds. The highest BCUT2D eigenvalue weighted by molar-refractivity contribution is 5.60. The van der Waals surface area contributed by atoms with Crippen LogP contribution in [0.5, 0.6) is 0 Å². The van der Waals surface area contributed by atoms with Gasteiger partial charge in [-0.3, -0.25) is 0 Å². The number of para-hydroxylation sites is 1. The van der Waals surface area contributed by atoms with E-state index in [2.05, 4.69) is 70.6 Å². The van der Waals surface area contributed by atoms with Gasteiger partial charge in [-0.2, -0.15) is 0 Å². The smallest absolute Gasteiger partial charge is 0.0855 e. The first-order valence-corrected chi connectivity index (χ1v) is 9.32. The summed E-state index contributed by atoms with van der Waals surface area (Å²) in [7, 11) is 0. The van der Waals surface area contributed by atoms with E-state index in [1.54, 1.807) is 0 Å². The second-order valence-electron chi connectivity index (χ2n) is 7.44. The van der Waals surface area contributed by atoms with E-state index in [1.165, 1.54) is 27.8 Å². The molecule has 2 aromatic rings. The van der Waals surface area contributed by atoms with Gasteiger partial charge in [0.05, 0.1) is 5.54 Å². The zero-order valence-electron chi connectivity index (χ0n) is 14.8. The van der Waals surface area contributed by atoms with E-state index in [1.807, 2.05) is 0 Å². The summed E-state index contributed by atoms with van der Waals surface area (Å²) >= 11 is 0. The van der Waals surface area contributed by atoms with E-state index in [-0.39, 0.29) is 5.54 Å². The largest absolute Gasteiger partial charge is 0.399 e. The Morgan fingerprint density at radius 3 is 2.23 bits per heavy atom. The molecule has 0 saturated heterocycles. The Bertz CT molecular complexity index is 881. The number of nitrogens with one attached hydrogen (secondary N) is 3. The molecule has 1 unspecified atom stereocenters. The van der Waals surface area contributed by atoms with Crippen LogP contribution in [0.3, 0.4) is 0 Å². The highest BCUT2D eigenvalue weighted by Crippen LogP contribution is 2.43. The molecule has 2 heterocycles. The Morgan fingerprint density at radius 2 is 1.62 bits per heavy atom. The Balaban J connectivity index is 1.71. The quantitative estimate of drug-likeness (QED) is 0.691. The fourth-order valence-corrected chi connectivity index (χ4v) is 4.56. The zero-order chi connectivity index (χ0) is 17.6. The number of hydrogen-bond donors (Lipinski definition) is 4. The van der Waals surface area contributed by atoms with E-state index in [9.17, 15) is 0 Å². The van der Waals surface area contributed by atoms with E-state index >= 15 is 0 Å². The molecule has 4 heteroatoms. The molecule has 3 aliphatic rings. The van der Waals surface area contributed by atoms with Crippen molar-refractivity contribution in [2.24, 2.45) is 5.73 Å². The van der Waals surface area contributed by atoms with Crippen molar-refractivity contribution < 1.29 is 0 Å². The van der Waals surface area contributed by atoms with Gasteiger partial charge in [0.15, 0.2) is 0 Å². The summed E-state index contributed by atoms with van der Waals surface area (Å²) in [5.41, 5.74) is 15.0. The normalized spacial score (nSPS) is 23.5. The van der Waals surface area contributed by atoms with Gasteiger partial charge in [0, 0.05) is 37.6 Å². The first kappa shape index (κ1) is 15.7. The molecular weight excluding hydrogens is 320 g/mol. The summed E-state index contributed by atoms with van der Waals surface area (Å²) in [6.07, 6.45) is 7.32. The third kappa shape index (κ3) is 2.45. The van der Waals surface area contributed by atoms with Gasteiger partial charge in [0.25, 0.3) is 0 Å². The number of hydrogen-bond acceptors (Lipinski definition) is 4. The van der Waals surface area contributed by atoms with Crippen molar-refractivity contribution in [1.29, 1.82) is 0 Å². The second-order valence-corrected chi connectivity index (χ2v) is 7.44. The van der Waals surface area contributed by atoms with Crippen molar-refractivity contribution in [2.75, 3.05) is 5.32 Å². The molecule has 0 bridgehead atoms. The Hall–Kier alpha value is -2.56. The van der Waals surface area contributed by atoms with Crippen molar-refractivity contribution in [3.05, 3.63) is 88.1 Å². The summed E-state index contributed by atoms with van der Waals surface area (Å²) in [4.78, 5) is 0. The number of nitrogens with two attached hydrogens (primary N) is 1. The lowest BCUT2D eigenvalue weighted by atomic mass is 9.76. The summed E-state index contributed by atoms with van der Waals surface area (Å²) in [6, 6.07) is 12.9. The molecule has 0 radical (unpaired) electrons. The van der Waals surface area contributed by atoms with Gasteiger partial charge in [-0.25, -0.2) is 0 Å². The van der Waals surface area contributed by atoms with Crippen LogP contribution in [0.15, 0.2) is 60.3 Å². The van der Waals surface area contributed by atoms with E-state index in [0.29, 0.717) is 0 Å². The molecule has 1 atom stereocenters. The molecular formula is C22H24N4. The maximum absolute atomic E-state index is 6.07. The van der Waals surface area contributed by atoms with Crippen molar-refractivity contribution in [3.8, 4) is 0 Å². The zero-order valence-corrected chi connectivity index (χ0v) is 14.8. The molecule has 132 valence electrons. The van der Waals surface area contributed by atoms with Crippen molar-refractivity contribution >= 4 is 5.69 Å². The predicted molar refractivity (Wildman–Crippen MR) is 105 cm³/mol. The predicted octanol–water partition coefficient (Wildman–Crippen LogP) is 3.00. The highest BCUT2D eigenvalue weighted by Gasteiger charge is 2.38. The van der Waals surface area contributed by atoms with Crippen LogP contribution in [-0.2, 0) is 31.7 Å². The topological polar surface area (TPSA) is 62.1 Å².